The van der Waals surface area contributed by atoms with Gasteiger partial charge in [-0.2, -0.15) is 4.98 Å². The first-order chi connectivity index (χ1) is 10.3. The molecule has 1 saturated heterocycles. The molecular weight excluding hydrogens is 290 g/mol. The van der Waals surface area contributed by atoms with Crippen molar-refractivity contribution in [2.75, 3.05) is 36.5 Å². The predicted molar refractivity (Wildman–Crippen MR) is 81.6 cm³/mol. The van der Waals surface area contributed by atoms with E-state index in [-0.39, 0.29) is 5.15 Å². The molecule has 7 heteroatoms. The summed E-state index contributed by atoms with van der Waals surface area (Å²) < 4.78 is 5.32. The molecule has 1 N–H and O–H groups in total. The number of benzene rings is 1. The van der Waals surface area contributed by atoms with Crippen molar-refractivity contribution in [1.82, 2.24) is 15.2 Å². The molecule has 3 rings (SSSR count). The molecule has 0 unspecified atom stereocenters. The summed E-state index contributed by atoms with van der Waals surface area (Å²) in [6.45, 7) is 3.53. The normalized spacial score (nSPS) is 15.0. The smallest absolute Gasteiger partial charge is 0.247 e. The van der Waals surface area contributed by atoms with Crippen LogP contribution in [0.3, 0.4) is 0 Å². The molecular formula is C14H16ClN5O. The largest absolute Gasteiger partial charge is 0.378 e. The van der Waals surface area contributed by atoms with E-state index in [2.05, 4.69) is 20.5 Å². The van der Waals surface area contributed by atoms with E-state index in [1.165, 1.54) is 0 Å². The van der Waals surface area contributed by atoms with Gasteiger partial charge in [0.2, 0.25) is 5.95 Å². The third kappa shape index (κ3) is 3.59. The van der Waals surface area contributed by atoms with Gasteiger partial charge in [0.05, 0.1) is 13.2 Å². The lowest BCUT2D eigenvalue weighted by Gasteiger charge is -2.26. The molecule has 0 saturated carbocycles. The van der Waals surface area contributed by atoms with E-state index in [1.54, 1.807) is 0 Å². The fourth-order valence-corrected chi connectivity index (χ4v) is 2.24. The highest BCUT2D eigenvalue weighted by Crippen LogP contribution is 2.19. The Kier molecular flexibility index (Phi) is 4.47. The molecule has 0 spiro atoms. The van der Waals surface area contributed by atoms with Crippen LogP contribution in [0.2, 0.25) is 5.15 Å². The maximum atomic E-state index is 6.06. The van der Waals surface area contributed by atoms with Crippen molar-refractivity contribution < 1.29 is 4.74 Å². The molecule has 2 aromatic rings. The summed E-state index contributed by atoms with van der Waals surface area (Å²) in [4.78, 5) is 6.51. The van der Waals surface area contributed by atoms with E-state index >= 15 is 0 Å². The van der Waals surface area contributed by atoms with Crippen molar-refractivity contribution in [2.24, 2.45) is 0 Å². The standard InChI is InChI=1S/C14H16ClN5O/c15-12-13(16-10-11-4-2-1-3-5-11)17-14(19-18-12)20-6-8-21-9-7-20/h1-5H,6-10H2,(H,16,17,19). The minimum atomic E-state index is 0.281. The Hall–Kier alpha value is -1.92. The molecule has 1 fully saturated rings. The van der Waals surface area contributed by atoms with E-state index in [0.717, 1.165) is 18.7 Å². The van der Waals surface area contributed by atoms with Gasteiger partial charge in [-0.15, -0.1) is 10.2 Å². The van der Waals surface area contributed by atoms with Gasteiger partial charge in [0.1, 0.15) is 0 Å². The number of hydrogen-bond acceptors (Lipinski definition) is 6. The van der Waals surface area contributed by atoms with Crippen molar-refractivity contribution in [3.05, 3.63) is 41.0 Å². The van der Waals surface area contributed by atoms with Crippen LogP contribution in [0.5, 0.6) is 0 Å². The van der Waals surface area contributed by atoms with Gasteiger partial charge in [-0.05, 0) is 5.56 Å². The van der Waals surface area contributed by atoms with Crippen LogP contribution >= 0.6 is 11.6 Å². The molecule has 1 aliphatic rings. The summed E-state index contributed by atoms with van der Waals surface area (Å²) in [6.07, 6.45) is 0. The second-order valence-electron chi connectivity index (χ2n) is 4.69. The lowest BCUT2D eigenvalue weighted by atomic mass is 10.2. The Morgan fingerprint density at radius 2 is 1.90 bits per heavy atom. The van der Waals surface area contributed by atoms with E-state index in [9.17, 15) is 0 Å². The van der Waals surface area contributed by atoms with Crippen LogP contribution in [0.15, 0.2) is 30.3 Å². The maximum Gasteiger partial charge on any atom is 0.247 e. The minimum Gasteiger partial charge on any atom is -0.378 e. The highest BCUT2D eigenvalue weighted by atomic mass is 35.5. The third-order valence-corrected chi connectivity index (χ3v) is 3.49. The number of nitrogens with zero attached hydrogens (tertiary/aromatic N) is 4. The zero-order valence-electron chi connectivity index (χ0n) is 11.5. The summed E-state index contributed by atoms with van der Waals surface area (Å²) in [6, 6.07) is 10.1. The van der Waals surface area contributed by atoms with E-state index < -0.39 is 0 Å². The molecule has 1 aromatic carbocycles. The Balaban J connectivity index is 1.72. The molecule has 0 radical (unpaired) electrons. The van der Waals surface area contributed by atoms with Gasteiger partial charge in [0, 0.05) is 19.6 Å². The summed E-state index contributed by atoms with van der Waals surface area (Å²) in [5, 5.41) is 11.5. The lowest BCUT2D eigenvalue weighted by molar-refractivity contribution is 0.122. The second kappa shape index (κ2) is 6.69. The summed E-state index contributed by atoms with van der Waals surface area (Å²) >= 11 is 6.06. The van der Waals surface area contributed by atoms with Gasteiger partial charge in [0.15, 0.2) is 11.0 Å². The highest BCUT2D eigenvalue weighted by Gasteiger charge is 2.16. The Labute approximate surface area is 128 Å². The van der Waals surface area contributed by atoms with Gasteiger partial charge in [-0.1, -0.05) is 41.9 Å². The van der Waals surface area contributed by atoms with Crippen LogP contribution in [0.1, 0.15) is 5.56 Å². The van der Waals surface area contributed by atoms with Crippen LogP contribution < -0.4 is 10.2 Å². The van der Waals surface area contributed by atoms with Crippen LogP contribution in [0, 0.1) is 0 Å². The first-order valence-electron chi connectivity index (χ1n) is 6.83. The summed E-state index contributed by atoms with van der Waals surface area (Å²) in [5.41, 5.74) is 1.15. The average Bonchev–Trinajstić information content (AvgIpc) is 2.56. The SMILES string of the molecule is Clc1nnc(N2CCOCC2)nc1NCc1ccccc1. The van der Waals surface area contributed by atoms with Gasteiger partial charge in [-0.25, -0.2) is 0 Å². The third-order valence-electron chi connectivity index (χ3n) is 3.23. The monoisotopic (exact) mass is 305 g/mol. The number of rotatable bonds is 4. The lowest BCUT2D eigenvalue weighted by Crippen LogP contribution is -2.37. The molecule has 1 aliphatic heterocycles. The van der Waals surface area contributed by atoms with Crippen molar-refractivity contribution in [3.8, 4) is 0 Å². The van der Waals surface area contributed by atoms with Crippen LogP contribution in [-0.2, 0) is 11.3 Å². The maximum absolute atomic E-state index is 6.06. The van der Waals surface area contributed by atoms with Crippen molar-refractivity contribution >= 4 is 23.4 Å². The molecule has 0 aliphatic carbocycles. The van der Waals surface area contributed by atoms with E-state index in [4.69, 9.17) is 16.3 Å². The fourth-order valence-electron chi connectivity index (χ4n) is 2.10. The molecule has 2 heterocycles. The number of anilines is 2. The number of nitrogens with one attached hydrogen (secondary N) is 1. The molecule has 110 valence electrons. The van der Waals surface area contributed by atoms with E-state index in [0.29, 0.717) is 31.5 Å². The van der Waals surface area contributed by atoms with Gasteiger partial charge < -0.3 is 15.0 Å². The first kappa shape index (κ1) is 14.0. The van der Waals surface area contributed by atoms with Crippen molar-refractivity contribution in [2.45, 2.75) is 6.54 Å². The molecule has 0 bridgehead atoms. The second-order valence-corrected chi connectivity index (χ2v) is 5.05. The number of ether oxygens (including phenoxy) is 1. The van der Waals surface area contributed by atoms with Crippen LogP contribution in [-0.4, -0.2) is 41.5 Å². The zero-order valence-corrected chi connectivity index (χ0v) is 12.3. The van der Waals surface area contributed by atoms with Crippen LogP contribution in [0.4, 0.5) is 11.8 Å². The van der Waals surface area contributed by atoms with Crippen molar-refractivity contribution in [3.63, 3.8) is 0 Å². The first-order valence-corrected chi connectivity index (χ1v) is 7.21. The van der Waals surface area contributed by atoms with Crippen LogP contribution in [0.25, 0.3) is 0 Å². The molecule has 0 atom stereocenters. The number of aromatic nitrogens is 3. The quantitative estimate of drug-likeness (QED) is 0.932. The predicted octanol–water partition coefficient (Wildman–Crippen LogP) is 1.97. The Morgan fingerprint density at radius 1 is 1.14 bits per heavy atom. The zero-order chi connectivity index (χ0) is 14.5. The topological polar surface area (TPSA) is 63.2 Å². The van der Waals surface area contributed by atoms with Gasteiger partial charge in [0.25, 0.3) is 0 Å². The van der Waals surface area contributed by atoms with Crippen molar-refractivity contribution in [1.29, 1.82) is 0 Å². The Morgan fingerprint density at radius 3 is 2.67 bits per heavy atom. The molecule has 21 heavy (non-hydrogen) atoms. The average molecular weight is 306 g/mol. The summed E-state index contributed by atoms with van der Waals surface area (Å²) in [7, 11) is 0. The number of morpholine rings is 1. The Bertz CT molecular complexity index is 589. The minimum absolute atomic E-state index is 0.281. The highest BCUT2D eigenvalue weighted by molar-refractivity contribution is 6.31. The molecule has 6 nitrogen and oxygen atoms in total. The number of halogens is 1. The van der Waals surface area contributed by atoms with Gasteiger partial charge >= 0.3 is 0 Å². The van der Waals surface area contributed by atoms with Gasteiger partial charge in [-0.3, -0.25) is 0 Å². The fraction of sp³-hybridized carbons (Fsp3) is 0.357. The molecule has 1 aromatic heterocycles. The number of hydrogen-bond donors (Lipinski definition) is 1. The molecule has 0 amide bonds. The summed E-state index contributed by atoms with van der Waals surface area (Å²) in [5.74, 6) is 1.13. The van der Waals surface area contributed by atoms with E-state index in [1.807, 2.05) is 35.2 Å².